The number of carbonyl (C=O) groups is 1. The highest BCUT2D eigenvalue weighted by atomic mass is 19.4. The molecule has 0 unspecified atom stereocenters. The molecule has 0 atom stereocenters. The molecule has 0 N–H and O–H groups in total. The van der Waals surface area contributed by atoms with Crippen LogP contribution in [-0.2, 0) is 31.1 Å². The molecule has 6 nitrogen and oxygen atoms in total. The summed E-state index contributed by atoms with van der Waals surface area (Å²) in [7, 11) is 3.45. The van der Waals surface area contributed by atoms with Gasteiger partial charge in [-0.2, -0.15) is 23.4 Å². The van der Waals surface area contributed by atoms with Gasteiger partial charge in [0.25, 0.3) is 0 Å². The molecule has 1 amide bonds. The van der Waals surface area contributed by atoms with Crippen LogP contribution in [0.2, 0.25) is 0 Å². The van der Waals surface area contributed by atoms with Crippen molar-refractivity contribution in [1.82, 2.24) is 24.5 Å². The summed E-state index contributed by atoms with van der Waals surface area (Å²) in [5.41, 5.74) is 0.451. The zero-order valence-electron chi connectivity index (χ0n) is 14.1. The molecule has 9 heteroatoms. The number of aryl methyl sites for hydroxylation is 2. The smallest absolute Gasteiger partial charge is 0.340 e. The van der Waals surface area contributed by atoms with E-state index in [-0.39, 0.29) is 24.8 Å². The molecule has 0 saturated heterocycles. The highest BCUT2D eigenvalue weighted by Crippen LogP contribution is 2.42. The minimum Gasteiger partial charge on any atom is -0.340 e. The summed E-state index contributed by atoms with van der Waals surface area (Å²) in [4.78, 5) is 13.8. The van der Waals surface area contributed by atoms with Gasteiger partial charge in [0, 0.05) is 44.9 Å². The number of hydrogen-bond donors (Lipinski definition) is 0. The van der Waals surface area contributed by atoms with Crippen molar-refractivity contribution in [3.8, 4) is 0 Å². The maximum atomic E-state index is 12.9. The molecule has 136 valence electrons. The average molecular weight is 355 g/mol. The third-order valence-electron chi connectivity index (χ3n) is 4.23. The van der Waals surface area contributed by atoms with Crippen molar-refractivity contribution >= 4 is 5.91 Å². The van der Waals surface area contributed by atoms with E-state index in [0.29, 0.717) is 12.2 Å². The predicted octanol–water partition coefficient (Wildman–Crippen LogP) is 2.56. The Labute approximate surface area is 143 Å². The molecule has 0 bridgehead atoms. The third-order valence-corrected chi connectivity index (χ3v) is 4.23. The van der Waals surface area contributed by atoms with Gasteiger partial charge in [-0.05, 0) is 25.0 Å². The fourth-order valence-electron chi connectivity index (χ4n) is 2.73. The van der Waals surface area contributed by atoms with Crippen molar-refractivity contribution in [3.05, 3.63) is 35.4 Å². The minimum absolute atomic E-state index is 0.0992. The molecule has 0 aliphatic heterocycles. The van der Waals surface area contributed by atoms with Crippen LogP contribution < -0.4 is 0 Å². The highest BCUT2D eigenvalue weighted by molar-refractivity contribution is 5.75. The molecule has 0 aromatic carbocycles. The third kappa shape index (κ3) is 4.21. The van der Waals surface area contributed by atoms with Gasteiger partial charge in [-0.3, -0.25) is 14.2 Å². The van der Waals surface area contributed by atoms with E-state index in [0.717, 1.165) is 24.6 Å². The Bertz CT molecular complexity index is 760. The first kappa shape index (κ1) is 17.5. The first-order valence-electron chi connectivity index (χ1n) is 8.11. The van der Waals surface area contributed by atoms with Crippen LogP contribution in [0.1, 0.15) is 42.3 Å². The van der Waals surface area contributed by atoms with E-state index in [4.69, 9.17) is 0 Å². The second-order valence-electron chi connectivity index (χ2n) is 6.43. The monoisotopic (exact) mass is 355 g/mol. The molecular weight excluding hydrogens is 335 g/mol. The lowest BCUT2D eigenvalue weighted by Crippen LogP contribution is -2.27. The van der Waals surface area contributed by atoms with Crippen LogP contribution in [0, 0.1) is 0 Å². The zero-order valence-corrected chi connectivity index (χ0v) is 14.1. The van der Waals surface area contributed by atoms with E-state index >= 15 is 0 Å². The van der Waals surface area contributed by atoms with E-state index in [9.17, 15) is 18.0 Å². The van der Waals surface area contributed by atoms with Crippen molar-refractivity contribution in [2.24, 2.45) is 7.05 Å². The molecule has 2 aromatic heterocycles. The number of alkyl halides is 3. The van der Waals surface area contributed by atoms with Crippen molar-refractivity contribution in [2.45, 2.75) is 44.4 Å². The minimum atomic E-state index is -4.46. The first-order chi connectivity index (χ1) is 11.7. The fraction of sp³-hybridized carbons (Fsp3) is 0.562. The van der Waals surface area contributed by atoms with Crippen molar-refractivity contribution in [3.63, 3.8) is 0 Å². The van der Waals surface area contributed by atoms with E-state index < -0.39 is 11.9 Å². The molecule has 1 aliphatic rings. The van der Waals surface area contributed by atoms with Crippen molar-refractivity contribution < 1.29 is 18.0 Å². The molecule has 2 aromatic rings. The number of carbonyl (C=O) groups excluding carboxylic acids is 1. The lowest BCUT2D eigenvalue weighted by atomic mass is 10.2. The average Bonchev–Trinajstić information content (AvgIpc) is 3.14. The van der Waals surface area contributed by atoms with E-state index in [1.54, 1.807) is 25.0 Å². The van der Waals surface area contributed by atoms with Crippen LogP contribution in [-0.4, -0.2) is 37.4 Å². The predicted molar refractivity (Wildman–Crippen MR) is 83.5 cm³/mol. The van der Waals surface area contributed by atoms with E-state index in [1.165, 1.54) is 9.58 Å². The lowest BCUT2D eigenvalue weighted by molar-refractivity contribution is -0.141. The lowest BCUT2D eigenvalue weighted by Gasteiger charge is -2.16. The van der Waals surface area contributed by atoms with Gasteiger partial charge in [0.15, 0.2) is 5.69 Å². The molecule has 1 saturated carbocycles. The molecule has 0 spiro atoms. The molecule has 2 heterocycles. The van der Waals surface area contributed by atoms with Gasteiger partial charge in [-0.15, -0.1) is 0 Å². The number of aromatic nitrogens is 4. The van der Waals surface area contributed by atoms with Gasteiger partial charge in [-0.1, -0.05) is 0 Å². The summed E-state index contributed by atoms with van der Waals surface area (Å²) in [6, 6.07) is 2.93. The number of halogens is 3. The van der Waals surface area contributed by atoms with Crippen LogP contribution in [0.15, 0.2) is 18.3 Å². The van der Waals surface area contributed by atoms with Crippen LogP contribution in [0.4, 0.5) is 13.2 Å². The van der Waals surface area contributed by atoms with E-state index in [2.05, 4.69) is 10.2 Å². The Balaban J connectivity index is 1.62. The Morgan fingerprint density at radius 2 is 2.08 bits per heavy atom. The summed E-state index contributed by atoms with van der Waals surface area (Å²) in [6.45, 7) is 0.509. The summed E-state index contributed by atoms with van der Waals surface area (Å²) >= 11 is 0. The molecule has 1 aliphatic carbocycles. The number of nitrogens with zero attached hydrogens (tertiary/aromatic N) is 5. The second kappa shape index (κ2) is 6.53. The number of hydrogen-bond acceptors (Lipinski definition) is 3. The topological polar surface area (TPSA) is 56.0 Å². The van der Waals surface area contributed by atoms with Crippen molar-refractivity contribution in [1.29, 1.82) is 0 Å². The van der Waals surface area contributed by atoms with Crippen LogP contribution in [0.5, 0.6) is 0 Å². The van der Waals surface area contributed by atoms with Crippen LogP contribution in [0.3, 0.4) is 0 Å². The molecule has 3 rings (SSSR count). The van der Waals surface area contributed by atoms with Crippen LogP contribution >= 0.6 is 0 Å². The maximum Gasteiger partial charge on any atom is 0.435 e. The summed E-state index contributed by atoms with van der Waals surface area (Å²) < 4.78 is 41.6. The number of amides is 1. The standard InChI is InChI=1S/C16H20F3N5O/c1-22(10-12-5-7-23(2)20-12)15(25)6-8-24-13(11-3-4-11)9-14(21-24)16(17,18)19/h5,7,9,11H,3-4,6,8,10H2,1-2H3. The Kier molecular flexibility index (Phi) is 4.57. The molecular formula is C16H20F3N5O. The largest absolute Gasteiger partial charge is 0.435 e. The highest BCUT2D eigenvalue weighted by Gasteiger charge is 2.37. The Morgan fingerprint density at radius 3 is 2.64 bits per heavy atom. The number of rotatable bonds is 6. The maximum absolute atomic E-state index is 12.9. The van der Waals surface area contributed by atoms with Crippen LogP contribution in [0.25, 0.3) is 0 Å². The van der Waals surface area contributed by atoms with Crippen molar-refractivity contribution in [2.75, 3.05) is 7.05 Å². The molecule has 0 radical (unpaired) electrons. The van der Waals surface area contributed by atoms with Gasteiger partial charge in [0.2, 0.25) is 5.91 Å². The second-order valence-corrected chi connectivity index (χ2v) is 6.43. The zero-order chi connectivity index (χ0) is 18.2. The fourth-order valence-corrected chi connectivity index (χ4v) is 2.73. The SMILES string of the molecule is CN(Cc1ccn(C)n1)C(=O)CCn1nc(C(F)(F)F)cc1C1CC1. The normalized spacial score (nSPS) is 14.8. The Hall–Kier alpha value is -2.32. The molecule has 25 heavy (non-hydrogen) atoms. The quantitative estimate of drug-likeness (QED) is 0.800. The Morgan fingerprint density at radius 1 is 1.36 bits per heavy atom. The van der Waals surface area contributed by atoms with Gasteiger partial charge in [0.1, 0.15) is 0 Å². The van der Waals surface area contributed by atoms with Gasteiger partial charge < -0.3 is 4.90 Å². The van der Waals surface area contributed by atoms with E-state index in [1.807, 2.05) is 6.07 Å². The first-order valence-corrected chi connectivity index (χ1v) is 8.11. The molecule has 1 fully saturated rings. The summed E-state index contributed by atoms with van der Waals surface area (Å²) in [5.74, 6) is -0.0265. The summed E-state index contributed by atoms with van der Waals surface area (Å²) in [5, 5.41) is 7.87. The van der Waals surface area contributed by atoms with Gasteiger partial charge in [0.05, 0.1) is 12.2 Å². The summed E-state index contributed by atoms with van der Waals surface area (Å²) in [6.07, 6.45) is -0.832. The van der Waals surface area contributed by atoms with Gasteiger partial charge in [-0.25, -0.2) is 0 Å². The van der Waals surface area contributed by atoms with Gasteiger partial charge >= 0.3 is 6.18 Å².